The Morgan fingerprint density at radius 3 is 2.58 bits per heavy atom. The predicted octanol–water partition coefficient (Wildman–Crippen LogP) is 3.57. The maximum atomic E-state index is 12.9. The molecule has 8 nitrogen and oxygen atoms in total. The summed E-state index contributed by atoms with van der Waals surface area (Å²) in [6.45, 7) is 0.734. The zero-order chi connectivity index (χ0) is 18.5. The summed E-state index contributed by atoms with van der Waals surface area (Å²) in [7, 11) is 0. The van der Waals surface area contributed by atoms with Gasteiger partial charge >= 0.3 is 0 Å². The van der Waals surface area contributed by atoms with Crippen molar-refractivity contribution in [3.63, 3.8) is 0 Å². The van der Waals surface area contributed by atoms with Crippen LogP contribution in [-0.4, -0.2) is 26.3 Å². The van der Waals surface area contributed by atoms with Gasteiger partial charge in [-0.2, -0.15) is 0 Å². The molecule has 3 rings (SSSR count). The molecule has 0 saturated carbocycles. The Kier molecular flexibility index (Phi) is 5.05. The molecular weight excluding hydrogens is 334 g/mol. The minimum atomic E-state index is -0.197. The van der Waals surface area contributed by atoms with Gasteiger partial charge in [-0.25, -0.2) is 4.98 Å². The van der Waals surface area contributed by atoms with E-state index >= 15 is 0 Å². The van der Waals surface area contributed by atoms with Crippen LogP contribution in [0.25, 0.3) is 32.7 Å². The summed E-state index contributed by atoms with van der Waals surface area (Å²) >= 11 is 0. The number of nitrogens with zero attached hydrogens (tertiary/aromatic N) is 5. The Hall–Kier alpha value is -3.51. The number of hydrogen-bond donors (Lipinski definition) is 2. The van der Waals surface area contributed by atoms with Crippen LogP contribution in [0.15, 0.2) is 52.4 Å². The molecule has 1 aromatic heterocycles. The van der Waals surface area contributed by atoms with Crippen molar-refractivity contribution >= 4 is 10.9 Å². The molecule has 0 spiro atoms. The summed E-state index contributed by atoms with van der Waals surface area (Å²) in [6, 6.07) is 11.1. The lowest BCUT2D eigenvalue weighted by atomic mass is 10.1. The van der Waals surface area contributed by atoms with E-state index in [9.17, 15) is 15.0 Å². The van der Waals surface area contributed by atoms with Crippen LogP contribution in [0.2, 0.25) is 0 Å². The van der Waals surface area contributed by atoms with Crippen molar-refractivity contribution in [1.29, 1.82) is 0 Å². The van der Waals surface area contributed by atoms with Gasteiger partial charge < -0.3 is 10.2 Å². The van der Waals surface area contributed by atoms with Gasteiger partial charge in [0.2, 0.25) is 0 Å². The van der Waals surface area contributed by atoms with Crippen molar-refractivity contribution < 1.29 is 10.2 Å². The standard InChI is InChI=1S/C18H17N5O3/c19-22-20-7-3-4-8-23-17(12-9-13(24)11-14(25)10-12)21-16-6-2-1-5-15(16)18(23)26/h1-2,5-6,9-11,24-25H,3-4,7-8H2. The molecule has 0 fully saturated rings. The quantitative estimate of drug-likeness (QED) is 0.305. The molecule has 0 bridgehead atoms. The average molecular weight is 351 g/mol. The number of azide groups is 1. The molecule has 0 saturated heterocycles. The molecule has 0 aliphatic carbocycles. The molecule has 0 radical (unpaired) electrons. The highest BCUT2D eigenvalue weighted by Gasteiger charge is 2.14. The fourth-order valence-electron chi connectivity index (χ4n) is 2.82. The van der Waals surface area contributed by atoms with Gasteiger partial charge in [0.15, 0.2) is 0 Å². The highest BCUT2D eigenvalue weighted by atomic mass is 16.3. The number of aromatic hydroxyl groups is 2. The predicted molar refractivity (Wildman–Crippen MR) is 98.0 cm³/mol. The second kappa shape index (κ2) is 7.58. The maximum absolute atomic E-state index is 12.9. The van der Waals surface area contributed by atoms with Gasteiger partial charge in [-0.05, 0) is 42.6 Å². The molecule has 2 aromatic carbocycles. The van der Waals surface area contributed by atoms with E-state index in [0.29, 0.717) is 48.2 Å². The third kappa shape index (κ3) is 3.60. The number of fused-ring (bicyclic) bond motifs is 1. The molecule has 26 heavy (non-hydrogen) atoms. The van der Waals surface area contributed by atoms with Crippen LogP contribution in [0.1, 0.15) is 12.8 Å². The number of aromatic nitrogens is 2. The van der Waals surface area contributed by atoms with Gasteiger partial charge in [0.1, 0.15) is 17.3 Å². The molecule has 0 aliphatic heterocycles. The van der Waals surface area contributed by atoms with E-state index in [4.69, 9.17) is 5.53 Å². The minimum absolute atomic E-state index is 0.114. The van der Waals surface area contributed by atoms with Gasteiger partial charge in [0, 0.05) is 29.6 Å². The van der Waals surface area contributed by atoms with Crippen molar-refractivity contribution in [3.8, 4) is 22.9 Å². The molecule has 132 valence electrons. The molecule has 0 unspecified atom stereocenters. The summed E-state index contributed by atoms with van der Waals surface area (Å²) in [5.74, 6) is 0.137. The van der Waals surface area contributed by atoms with Gasteiger partial charge in [-0.1, -0.05) is 17.2 Å². The third-order valence-corrected chi connectivity index (χ3v) is 3.98. The summed E-state index contributed by atoms with van der Waals surface area (Å²) in [5.41, 5.74) is 9.13. The number of phenolic OH excluding ortho intramolecular Hbond substituents is 2. The average Bonchev–Trinajstić information content (AvgIpc) is 2.62. The first kappa shape index (κ1) is 17.3. The van der Waals surface area contributed by atoms with Crippen LogP contribution in [0, 0.1) is 0 Å². The smallest absolute Gasteiger partial charge is 0.261 e. The molecule has 3 aromatic rings. The minimum Gasteiger partial charge on any atom is -0.508 e. The second-order valence-electron chi connectivity index (χ2n) is 5.81. The SMILES string of the molecule is [N-]=[N+]=NCCCCn1c(-c2cc(O)cc(O)c2)nc2ccccc2c1=O. The Balaban J connectivity index is 2.11. The van der Waals surface area contributed by atoms with Crippen molar-refractivity contribution in [3.05, 3.63) is 63.3 Å². The first-order chi connectivity index (χ1) is 12.6. The van der Waals surface area contributed by atoms with E-state index in [0.717, 1.165) is 0 Å². The number of benzene rings is 2. The fourth-order valence-corrected chi connectivity index (χ4v) is 2.82. The number of para-hydroxylation sites is 1. The van der Waals surface area contributed by atoms with Crippen LogP contribution in [0.5, 0.6) is 11.5 Å². The Bertz CT molecular complexity index is 1030. The normalized spacial score (nSPS) is 10.6. The summed E-state index contributed by atoms with van der Waals surface area (Å²) < 4.78 is 1.52. The van der Waals surface area contributed by atoms with Crippen LogP contribution < -0.4 is 5.56 Å². The molecule has 1 heterocycles. The second-order valence-corrected chi connectivity index (χ2v) is 5.81. The lowest BCUT2D eigenvalue weighted by Gasteiger charge is -2.14. The van der Waals surface area contributed by atoms with E-state index in [1.165, 1.54) is 22.8 Å². The van der Waals surface area contributed by atoms with E-state index in [-0.39, 0.29) is 17.1 Å². The molecule has 0 amide bonds. The van der Waals surface area contributed by atoms with Gasteiger partial charge in [0.25, 0.3) is 5.56 Å². The summed E-state index contributed by atoms with van der Waals surface area (Å²) in [5, 5.41) is 23.5. The van der Waals surface area contributed by atoms with E-state index < -0.39 is 0 Å². The molecule has 0 atom stereocenters. The zero-order valence-electron chi connectivity index (χ0n) is 13.9. The van der Waals surface area contributed by atoms with Gasteiger partial charge in [-0.3, -0.25) is 9.36 Å². The van der Waals surface area contributed by atoms with Crippen molar-refractivity contribution in [1.82, 2.24) is 9.55 Å². The van der Waals surface area contributed by atoms with E-state index in [1.54, 1.807) is 24.3 Å². The van der Waals surface area contributed by atoms with Gasteiger partial charge in [-0.15, -0.1) is 0 Å². The monoisotopic (exact) mass is 351 g/mol. The number of hydrogen-bond acceptors (Lipinski definition) is 5. The summed E-state index contributed by atoms with van der Waals surface area (Å²) in [4.78, 5) is 20.2. The molecule has 0 aliphatic rings. The highest BCUT2D eigenvalue weighted by Crippen LogP contribution is 2.28. The van der Waals surface area contributed by atoms with Crippen molar-refractivity contribution in [2.45, 2.75) is 19.4 Å². The highest BCUT2D eigenvalue weighted by molar-refractivity contribution is 5.79. The molecular formula is C18H17N5O3. The number of phenols is 2. The van der Waals surface area contributed by atoms with Crippen LogP contribution >= 0.6 is 0 Å². The van der Waals surface area contributed by atoms with Crippen LogP contribution in [0.4, 0.5) is 0 Å². The topological polar surface area (TPSA) is 124 Å². The Labute approximate surface area is 148 Å². The van der Waals surface area contributed by atoms with E-state index in [1.807, 2.05) is 0 Å². The molecule has 8 heteroatoms. The number of unbranched alkanes of at least 4 members (excludes halogenated alkanes) is 1. The largest absolute Gasteiger partial charge is 0.508 e. The number of rotatable bonds is 6. The molecule has 2 N–H and O–H groups in total. The van der Waals surface area contributed by atoms with Crippen molar-refractivity contribution in [2.75, 3.05) is 6.54 Å². The lowest BCUT2D eigenvalue weighted by molar-refractivity contribution is 0.451. The zero-order valence-corrected chi connectivity index (χ0v) is 13.9. The third-order valence-electron chi connectivity index (χ3n) is 3.98. The van der Waals surface area contributed by atoms with Crippen LogP contribution in [-0.2, 0) is 6.54 Å². The Morgan fingerprint density at radius 2 is 1.85 bits per heavy atom. The summed E-state index contributed by atoms with van der Waals surface area (Å²) in [6.07, 6.45) is 1.25. The lowest BCUT2D eigenvalue weighted by Crippen LogP contribution is -2.23. The van der Waals surface area contributed by atoms with Crippen LogP contribution in [0.3, 0.4) is 0 Å². The van der Waals surface area contributed by atoms with Crippen molar-refractivity contribution in [2.24, 2.45) is 5.11 Å². The maximum Gasteiger partial charge on any atom is 0.261 e. The van der Waals surface area contributed by atoms with Gasteiger partial charge in [0.05, 0.1) is 10.9 Å². The first-order valence-corrected chi connectivity index (χ1v) is 8.14. The Morgan fingerprint density at radius 1 is 1.12 bits per heavy atom. The fraction of sp³-hybridized carbons (Fsp3) is 0.222. The first-order valence-electron chi connectivity index (χ1n) is 8.14. The van der Waals surface area contributed by atoms with E-state index in [2.05, 4.69) is 15.0 Å².